The standard InChI is InChI=1S/C24H26N4O4S/c1-13-19-20(14-6-9-16(33-5)10-7-14)21(24(30)26-22(19)28(2)27-13)25-23(29)15-8-11-17(31-3)18(12-15)32-4/h6-12,20-21H,1-5H3,(H,25,29)(H,26,30)/t20-,21+/m1/s1. The van der Waals surface area contributed by atoms with Gasteiger partial charge in [0.15, 0.2) is 11.5 Å². The van der Waals surface area contributed by atoms with E-state index in [2.05, 4.69) is 15.7 Å². The average molecular weight is 467 g/mol. The molecule has 4 rings (SSSR count). The molecule has 3 aromatic rings. The summed E-state index contributed by atoms with van der Waals surface area (Å²) in [5, 5.41) is 10.4. The Labute approximate surface area is 196 Å². The molecule has 2 aromatic carbocycles. The van der Waals surface area contributed by atoms with Gasteiger partial charge in [-0.3, -0.25) is 14.3 Å². The number of carbonyl (C=O) groups is 2. The fourth-order valence-corrected chi connectivity index (χ4v) is 4.64. The van der Waals surface area contributed by atoms with Crippen molar-refractivity contribution in [3.05, 3.63) is 64.8 Å². The molecule has 0 saturated carbocycles. The number of thioether (sulfide) groups is 1. The molecule has 8 nitrogen and oxygen atoms in total. The van der Waals surface area contributed by atoms with Crippen LogP contribution in [0.25, 0.3) is 0 Å². The number of hydrogen-bond donors (Lipinski definition) is 2. The molecule has 0 radical (unpaired) electrons. The van der Waals surface area contributed by atoms with Gasteiger partial charge in [0.05, 0.1) is 19.9 Å². The van der Waals surface area contributed by atoms with Crippen LogP contribution in [0.1, 0.15) is 33.1 Å². The van der Waals surface area contributed by atoms with E-state index in [4.69, 9.17) is 9.47 Å². The van der Waals surface area contributed by atoms with E-state index in [-0.39, 0.29) is 17.7 Å². The molecule has 2 amide bonds. The molecule has 2 N–H and O–H groups in total. The van der Waals surface area contributed by atoms with Gasteiger partial charge < -0.3 is 20.1 Å². The van der Waals surface area contributed by atoms with Crippen molar-refractivity contribution in [2.24, 2.45) is 7.05 Å². The van der Waals surface area contributed by atoms with E-state index in [0.717, 1.165) is 21.7 Å². The summed E-state index contributed by atoms with van der Waals surface area (Å²) in [7, 11) is 4.84. The zero-order valence-corrected chi connectivity index (χ0v) is 19.9. The topological polar surface area (TPSA) is 94.5 Å². The number of nitrogens with zero attached hydrogens (tertiary/aromatic N) is 2. The molecular formula is C24H26N4O4S. The summed E-state index contributed by atoms with van der Waals surface area (Å²) in [6, 6.07) is 12.1. The van der Waals surface area contributed by atoms with Crippen molar-refractivity contribution in [2.45, 2.75) is 23.8 Å². The second-order valence-electron chi connectivity index (χ2n) is 7.73. The Bertz CT molecular complexity index is 1210. The van der Waals surface area contributed by atoms with Crippen molar-refractivity contribution in [3.8, 4) is 11.5 Å². The van der Waals surface area contributed by atoms with Gasteiger partial charge in [-0.15, -0.1) is 11.8 Å². The minimum absolute atomic E-state index is 0.293. The van der Waals surface area contributed by atoms with Crippen molar-refractivity contribution in [1.82, 2.24) is 15.1 Å². The van der Waals surface area contributed by atoms with Crippen molar-refractivity contribution >= 4 is 29.4 Å². The van der Waals surface area contributed by atoms with E-state index in [1.165, 1.54) is 14.2 Å². The van der Waals surface area contributed by atoms with Gasteiger partial charge >= 0.3 is 0 Å². The zero-order chi connectivity index (χ0) is 23.7. The number of hydrogen-bond acceptors (Lipinski definition) is 6. The first-order valence-corrected chi connectivity index (χ1v) is 11.6. The molecule has 0 fully saturated rings. The van der Waals surface area contributed by atoms with E-state index < -0.39 is 6.04 Å². The number of fused-ring (bicyclic) bond motifs is 1. The lowest BCUT2D eigenvalue weighted by Crippen LogP contribution is -2.50. The average Bonchev–Trinajstić information content (AvgIpc) is 3.11. The number of carbonyl (C=O) groups excluding carboxylic acids is 2. The summed E-state index contributed by atoms with van der Waals surface area (Å²) >= 11 is 1.65. The molecule has 0 spiro atoms. The maximum Gasteiger partial charge on any atom is 0.252 e. The number of aryl methyl sites for hydroxylation is 2. The largest absolute Gasteiger partial charge is 0.493 e. The summed E-state index contributed by atoms with van der Waals surface area (Å²) in [4.78, 5) is 27.5. The lowest BCUT2D eigenvalue weighted by molar-refractivity contribution is -0.118. The molecule has 1 aliphatic heterocycles. The van der Waals surface area contributed by atoms with Gasteiger partial charge in [0.25, 0.3) is 5.91 Å². The first kappa shape index (κ1) is 22.7. The zero-order valence-electron chi connectivity index (χ0n) is 19.1. The Balaban J connectivity index is 1.74. The van der Waals surface area contributed by atoms with Crippen LogP contribution in [0.15, 0.2) is 47.4 Å². The predicted molar refractivity (Wildman–Crippen MR) is 127 cm³/mol. The smallest absolute Gasteiger partial charge is 0.252 e. The molecule has 0 saturated heterocycles. The van der Waals surface area contributed by atoms with Crippen LogP contribution in [0, 0.1) is 6.92 Å². The van der Waals surface area contributed by atoms with E-state index in [9.17, 15) is 9.59 Å². The normalized spacial score (nSPS) is 17.2. The Morgan fingerprint density at radius 2 is 1.82 bits per heavy atom. The van der Waals surface area contributed by atoms with Crippen LogP contribution >= 0.6 is 11.8 Å². The molecule has 2 heterocycles. The van der Waals surface area contributed by atoms with E-state index in [1.807, 2.05) is 37.4 Å². The number of anilines is 1. The third kappa shape index (κ3) is 4.16. The fourth-order valence-electron chi connectivity index (χ4n) is 4.23. The van der Waals surface area contributed by atoms with Gasteiger partial charge in [0, 0.05) is 29.0 Å². The van der Waals surface area contributed by atoms with Crippen LogP contribution < -0.4 is 20.1 Å². The van der Waals surface area contributed by atoms with Gasteiger partial charge in [0.1, 0.15) is 11.9 Å². The molecule has 172 valence electrons. The number of ether oxygens (including phenoxy) is 2. The van der Waals surface area contributed by atoms with Crippen LogP contribution in [0.2, 0.25) is 0 Å². The lowest BCUT2D eigenvalue weighted by Gasteiger charge is -2.32. The molecule has 33 heavy (non-hydrogen) atoms. The fraction of sp³-hybridized carbons (Fsp3) is 0.292. The highest BCUT2D eigenvalue weighted by Crippen LogP contribution is 2.39. The van der Waals surface area contributed by atoms with Crippen LogP contribution in [0.3, 0.4) is 0 Å². The van der Waals surface area contributed by atoms with Crippen LogP contribution in [0.5, 0.6) is 11.5 Å². The predicted octanol–water partition coefficient (Wildman–Crippen LogP) is 3.35. The molecule has 0 bridgehead atoms. The highest BCUT2D eigenvalue weighted by atomic mass is 32.2. The van der Waals surface area contributed by atoms with Gasteiger partial charge in [-0.1, -0.05) is 12.1 Å². The van der Waals surface area contributed by atoms with E-state index in [0.29, 0.717) is 22.9 Å². The molecule has 1 aliphatic rings. The first-order chi connectivity index (χ1) is 15.9. The minimum atomic E-state index is -0.818. The van der Waals surface area contributed by atoms with Crippen molar-refractivity contribution in [1.29, 1.82) is 0 Å². The Morgan fingerprint density at radius 3 is 2.45 bits per heavy atom. The molecule has 2 atom stereocenters. The summed E-state index contributed by atoms with van der Waals surface area (Å²) in [5.74, 6) is 0.542. The number of methoxy groups -OCH3 is 2. The number of nitrogens with one attached hydrogen (secondary N) is 2. The van der Waals surface area contributed by atoms with Crippen molar-refractivity contribution in [3.63, 3.8) is 0 Å². The third-order valence-corrected chi connectivity index (χ3v) is 6.59. The maximum atomic E-state index is 13.2. The summed E-state index contributed by atoms with van der Waals surface area (Å²) in [5.41, 5.74) is 2.99. The van der Waals surface area contributed by atoms with Crippen molar-refractivity contribution in [2.75, 3.05) is 25.8 Å². The number of rotatable bonds is 6. The number of aromatic nitrogens is 2. The number of amides is 2. The first-order valence-electron chi connectivity index (χ1n) is 10.4. The third-order valence-electron chi connectivity index (χ3n) is 5.84. The van der Waals surface area contributed by atoms with Crippen LogP contribution in [0.4, 0.5) is 5.82 Å². The molecule has 1 aromatic heterocycles. The maximum absolute atomic E-state index is 13.2. The van der Waals surface area contributed by atoms with Gasteiger partial charge in [-0.25, -0.2) is 0 Å². The quantitative estimate of drug-likeness (QED) is 0.541. The summed E-state index contributed by atoms with van der Waals surface area (Å²) < 4.78 is 12.2. The molecule has 9 heteroatoms. The lowest BCUT2D eigenvalue weighted by atomic mass is 9.82. The Morgan fingerprint density at radius 1 is 1.12 bits per heavy atom. The highest BCUT2D eigenvalue weighted by molar-refractivity contribution is 7.98. The van der Waals surface area contributed by atoms with Gasteiger partial charge in [-0.2, -0.15) is 5.10 Å². The second-order valence-corrected chi connectivity index (χ2v) is 8.61. The van der Waals surface area contributed by atoms with E-state index in [1.54, 1.807) is 41.7 Å². The summed E-state index contributed by atoms with van der Waals surface area (Å²) in [6.45, 7) is 1.91. The minimum Gasteiger partial charge on any atom is -0.493 e. The Kier molecular flexibility index (Phi) is 6.33. The van der Waals surface area contributed by atoms with Crippen molar-refractivity contribution < 1.29 is 19.1 Å². The van der Waals surface area contributed by atoms with Gasteiger partial charge in [-0.05, 0) is 49.1 Å². The number of benzene rings is 2. The highest BCUT2D eigenvalue weighted by Gasteiger charge is 2.41. The molecule has 0 unspecified atom stereocenters. The summed E-state index contributed by atoms with van der Waals surface area (Å²) in [6.07, 6.45) is 2.01. The van der Waals surface area contributed by atoms with Crippen LogP contribution in [-0.4, -0.2) is 48.1 Å². The Hall–Kier alpha value is -3.46. The van der Waals surface area contributed by atoms with E-state index >= 15 is 0 Å². The van der Waals surface area contributed by atoms with Crippen LogP contribution in [-0.2, 0) is 11.8 Å². The van der Waals surface area contributed by atoms with Gasteiger partial charge in [0.2, 0.25) is 5.91 Å². The molecular weight excluding hydrogens is 440 g/mol. The monoisotopic (exact) mass is 466 g/mol. The second kappa shape index (κ2) is 9.19. The SMILES string of the molecule is COc1ccc(C(=O)N[C@@H]2C(=O)Nc3c(c(C)nn3C)[C@H]2c2ccc(SC)cc2)cc1OC. The molecule has 0 aliphatic carbocycles.